The van der Waals surface area contributed by atoms with Gasteiger partial charge in [0.05, 0.1) is 20.8 Å². The van der Waals surface area contributed by atoms with E-state index in [0.29, 0.717) is 24.5 Å². The maximum absolute atomic E-state index is 11.5. The van der Waals surface area contributed by atoms with Crippen LogP contribution in [0.4, 0.5) is 0 Å². The van der Waals surface area contributed by atoms with Gasteiger partial charge in [-0.2, -0.15) is 0 Å². The molecule has 0 bridgehead atoms. The Labute approximate surface area is 120 Å². The standard InChI is InChI=1S/C15H23NO4/c1-5-11-6-7-12(13(10-11)18-3)20-9-8-15(2,16)14(17)19-4/h6-7,10H,5,8-9,16H2,1-4H3. The van der Waals surface area contributed by atoms with Crippen LogP contribution in [0.25, 0.3) is 0 Å². The van der Waals surface area contributed by atoms with Crippen molar-refractivity contribution in [1.29, 1.82) is 0 Å². The average Bonchev–Trinajstić information content (AvgIpc) is 2.46. The summed E-state index contributed by atoms with van der Waals surface area (Å²) in [5, 5.41) is 0. The van der Waals surface area contributed by atoms with E-state index in [4.69, 9.17) is 15.2 Å². The summed E-state index contributed by atoms with van der Waals surface area (Å²) in [6.45, 7) is 4.01. The van der Waals surface area contributed by atoms with E-state index in [1.54, 1.807) is 14.0 Å². The predicted molar refractivity (Wildman–Crippen MR) is 77.1 cm³/mol. The lowest BCUT2D eigenvalue weighted by atomic mass is 10.0. The third-order valence-corrected chi connectivity index (χ3v) is 3.17. The molecule has 0 fully saturated rings. The Hall–Kier alpha value is -1.75. The molecule has 0 amide bonds. The summed E-state index contributed by atoms with van der Waals surface area (Å²) in [6, 6.07) is 5.79. The first-order valence-corrected chi connectivity index (χ1v) is 6.61. The third kappa shape index (κ3) is 4.13. The summed E-state index contributed by atoms with van der Waals surface area (Å²) < 4.78 is 15.6. The molecule has 1 atom stereocenters. The van der Waals surface area contributed by atoms with Gasteiger partial charge in [-0.25, -0.2) is 0 Å². The Bertz CT molecular complexity index is 457. The van der Waals surface area contributed by atoms with Crippen molar-refractivity contribution in [1.82, 2.24) is 0 Å². The van der Waals surface area contributed by atoms with E-state index in [2.05, 4.69) is 11.7 Å². The molecule has 1 rings (SSSR count). The number of rotatable bonds is 7. The lowest BCUT2D eigenvalue weighted by Crippen LogP contribution is -2.46. The van der Waals surface area contributed by atoms with Gasteiger partial charge in [0.15, 0.2) is 11.5 Å². The van der Waals surface area contributed by atoms with Crippen molar-refractivity contribution in [2.24, 2.45) is 5.73 Å². The fourth-order valence-electron chi connectivity index (χ4n) is 1.76. The maximum atomic E-state index is 11.5. The van der Waals surface area contributed by atoms with E-state index in [0.717, 1.165) is 6.42 Å². The van der Waals surface area contributed by atoms with Gasteiger partial charge in [-0.15, -0.1) is 0 Å². The Kier molecular flexibility index (Phi) is 5.82. The van der Waals surface area contributed by atoms with Crippen LogP contribution in [0, 0.1) is 0 Å². The van der Waals surface area contributed by atoms with Gasteiger partial charge in [-0.1, -0.05) is 13.0 Å². The predicted octanol–water partition coefficient (Wildman–Crippen LogP) is 1.92. The summed E-state index contributed by atoms with van der Waals surface area (Å²) in [4.78, 5) is 11.5. The van der Waals surface area contributed by atoms with E-state index in [-0.39, 0.29) is 0 Å². The molecule has 0 aliphatic rings. The van der Waals surface area contributed by atoms with E-state index < -0.39 is 11.5 Å². The van der Waals surface area contributed by atoms with Crippen LogP contribution in [-0.4, -0.2) is 32.3 Å². The molecule has 5 nitrogen and oxygen atoms in total. The molecule has 0 heterocycles. The molecule has 0 saturated carbocycles. The van der Waals surface area contributed by atoms with E-state index in [1.165, 1.54) is 12.7 Å². The molecule has 2 N–H and O–H groups in total. The largest absolute Gasteiger partial charge is 0.493 e. The van der Waals surface area contributed by atoms with Crippen molar-refractivity contribution in [3.8, 4) is 11.5 Å². The minimum Gasteiger partial charge on any atom is -0.493 e. The van der Waals surface area contributed by atoms with Gasteiger partial charge in [0, 0.05) is 6.42 Å². The zero-order chi connectivity index (χ0) is 15.2. The number of ether oxygens (including phenoxy) is 3. The number of carbonyl (C=O) groups is 1. The number of nitrogens with two attached hydrogens (primary N) is 1. The van der Waals surface area contributed by atoms with Crippen LogP contribution >= 0.6 is 0 Å². The van der Waals surface area contributed by atoms with Gasteiger partial charge in [0.25, 0.3) is 0 Å². The normalized spacial score (nSPS) is 13.4. The fourth-order valence-corrected chi connectivity index (χ4v) is 1.76. The highest BCUT2D eigenvalue weighted by Crippen LogP contribution is 2.28. The van der Waals surface area contributed by atoms with Gasteiger partial charge in [0.2, 0.25) is 0 Å². The minimum absolute atomic E-state index is 0.309. The molecule has 0 aliphatic carbocycles. The van der Waals surface area contributed by atoms with Crippen molar-refractivity contribution in [2.45, 2.75) is 32.2 Å². The second-order valence-electron chi connectivity index (χ2n) is 4.85. The van der Waals surface area contributed by atoms with Crippen molar-refractivity contribution in [3.63, 3.8) is 0 Å². The summed E-state index contributed by atoms with van der Waals surface area (Å²) in [5.74, 6) is 0.876. The van der Waals surface area contributed by atoms with Gasteiger partial charge in [0.1, 0.15) is 5.54 Å². The highest BCUT2D eigenvalue weighted by Gasteiger charge is 2.29. The molecule has 1 aromatic carbocycles. The van der Waals surface area contributed by atoms with Crippen LogP contribution in [0.5, 0.6) is 11.5 Å². The van der Waals surface area contributed by atoms with Crippen molar-refractivity contribution < 1.29 is 19.0 Å². The molecular weight excluding hydrogens is 258 g/mol. The molecular formula is C15H23NO4. The van der Waals surface area contributed by atoms with Crippen molar-refractivity contribution >= 4 is 5.97 Å². The summed E-state index contributed by atoms with van der Waals surface area (Å²) >= 11 is 0. The Morgan fingerprint density at radius 1 is 1.30 bits per heavy atom. The Morgan fingerprint density at radius 3 is 2.55 bits per heavy atom. The average molecular weight is 281 g/mol. The van der Waals surface area contributed by atoms with Crippen LogP contribution in [0.1, 0.15) is 25.8 Å². The molecule has 5 heteroatoms. The molecule has 0 aromatic heterocycles. The summed E-state index contributed by atoms with van der Waals surface area (Å²) in [6.07, 6.45) is 1.29. The molecule has 1 aromatic rings. The molecule has 0 radical (unpaired) electrons. The SMILES string of the molecule is CCc1ccc(OCCC(C)(N)C(=O)OC)c(OC)c1. The van der Waals surface area contributed by atoms with Gasteiger partial charge < -0.3 is 19.9 Å². The van der Waals surface area contributed by atoms with Crippen LogP contribution < -0.4 is 15.2 Å². The van der Waals surface area contributed by atoms with Crippen LogP contribution in [0.15, 0.2) is 18.2 Å². The van der Waals surface area contributed by atoms with Crippen molar-refractivity contribution in [3.05, 3.63) is 23.8 Å². The number of hydrogen-bond acceptors (Lipinski definition) is 5. The Balaban J connectivity index is 2.64. The molecule has 0 aliphatic heterocycles. The maximum Gasteiger partial charge on any atom is 0.325 e. The molecule has 0 spiro atoms. The zero-order valence-corrected chi connectivity index (χ0v) is 12.6. The lowest BCUT2D eigenvalue weighted by Gasteiger charge is -2.21. The monoisotopic (exact) mass is 281 g/mol. The second kappa shape index (κ2) is 7.14. The highest BCUT2D eigenvalue weighted by atomic mass is 16.5. The number of hydrogen-bond donors (Lipinski definition) is 1. The first-order valence-electron chi connectivity index (χ1n) is 6.61. The zero-order valence-electron chi connectivity index (χ0n) is 12.6. The lowest BCUT2D eigenvalue weighted by molar-refractivity contribution is -0.146. The molecule has 20 heavy (non-hydrogen) atoms. The summed E-state index contributed by atoms with van der Waals surface area (Å²) in [7, 11) is 2.92. The fraction of sp³-hybridized carbons (Fsp3) is 0.533. The number of benzene rings is 1. The first kappa shape index (κ1) is 16.3. The summed E-state index contributed by atoms with van der Waals surface area (Å²) in [5.41, 5.74) is 5.99. The van der Waals surface area contributed by atoms with Crippen LogP contribution in [0.2, 0.25) is 0 Å². The number of carbonyl (C=O) groups excluding carboxylic acids is 1. The van der Waals surface area contributed by atoms with E-state index in [9.17, 15) is 4.79 Å². The van der Waals surface area contributed by atoms with Gasteiger partial charge in [-0.05, 0) is 31.0 Å². The molecule has 0 saturated heterocycles. The highest BCUT2D eigenvalue weighted by molar-refractivity contribution is 5.79. The number of esters is 1. The minimum atomic E-state index is -1.05. The van der Waals surface area contributed by atoms with Crippen molar-refractivity contribution in [2.75, 3.05) is 20.8 Å². The Morgan fingerprint density at radius 2 is 2.00 bits per heavy atom. The van der Waals surface area contributed by atoms with Gasteiger partial charge >= 0.3 is 5.97 Å². The van der Waals surface area contributed by atoms with Crippen LogP contribution in [-0.2, 0) is 16.0 Å². The number of aryl methyl sites for hydroxylation is 1. The number of methoxy groups -OCH3 is 2. The molecule has 1 unspecified atom stereocenters. The third-order valence-electron chi connectivity index (χ3n) is 3.17. The second-order valence-corrected chi connectivity index (χ2v) is 4.85. The van der Waals surface area contributed by atoms with E-state index in [1.807, 2.05) is 18.2 Å². The van der Waals surface area contributed by atoms with E-state index >= 15 is 0 Å². The quantitative estimate of drug-likeness (QED) is 0.773. The first-order chi connectivity index (χ1) is 9.44. The topological polar surface area (TPSA) is 70.8 Å². The van der Waals surface area contributed by atoms with Crippen LogP contribution in [0.3, 0.4) is 0 Å². The molecule has 112 valence electrons. The van der Waals surface area contributed by atoms with Gasteiger partial charge in [-0.3, -0.25) is 4.79 Å². The smallest absolute Gasteiger partial charge is 0.325 e.